The molecule has 0 aliphatic carbocycles. The number of rotatable bonds is 4. The Labute approximate surface area is 112 Å². The highest BCUT2D eigenvalue weighted by molar-refractivity contribution is 6.17. The molecule has 0 fully saturated rings. The van der Waals surface area contributed by atoms with Crippen LogP contribution in [-0.4, -0.2) is 9.91 Å². The van der Waals surface area contributed by atoms with E-state index in [1.54, 1.807) is 0 Å². The lowest BCUT2D eigenvalue weighted by Gasteiger charge is -2.07. The molecule has 0 N–H and O–H groups in total. The lowest BCUT2D eigenvalue weighted by Crippen LogP contribution is -1.96. The third kappa shape index (κ3) is 2.97. The van der Waals surface area contributed by atoms with E-state index < -0.39 is 22.2 Å². The van der Waals surface area contributed by atoms with Gasteiger partial charge in [0.1, 0.15) is 5.75 Å². The summed E-state index contributed by atoms with van der Waals surface area (Å²) in [6.45, 7) is 0. The average molecular weight is 283 g/mol. The molecule has 5 nitrogen and oxygen atoms in total. The monoisotopic (exact) mass is 282 g/mol. The summed E-state index contributed by atoms with van der Waals surface area (Å²) in [7, 11) is 0. The lowest BCUT2D eigenvalue weighted by molar-refractivity contribution is -0.385. The first kappa shape index (κ1) is 13.2. The Morgan fingerprint density at radius 2 is 2.21 bits per heavy atom. The van der Waals surface area contributed by atoms with Gasteiger partial charge in [-0.25, -0.2) is 4.39 Å². The minimum absolute atomic E-state index is 0.186. The number of halogens is 2. The van der Waals surface area contributed by atoms with E-state index in [0.29, 0.717) is 5.56 Å². The number of hydrogen-bond donors (Lipinski definition) is 0. The number of nitro groups is 1. The molecule has 0 atom stereocenters. The number of hydrogen-bond acceptors (Lipinski definition) is 4. The minimum Gasteiger partial charge on any atom is -0.445 e. The van der Waals surface area contributed by atoms with Gasteiger partial charge in [-0.1, -0.05) is 6.07 Å². The molecule has 0 saturated heterocycles. The number of ether oxygens (including phenoxy) is 1. The van der Waals surface area contributed by atoms with Crippen molar-refractivity contribution in [2.75, 3.05) is 0 Å². The van der Waals surface area contributed by atoms with Crippen molar-refractivity contribution in [3.63, 3.8) is 0 Å². The molecule has 2 rings (SSSR count). The van der Waals surface area contributed by atoms with E-state index in [-0.39, 0.29) is 11.6 Å². The molecule has 1 aromatic carbocycles. The molecule has 0 saturated carbocycles. The highest BCUT2D eigenvalue weighted by Crippen LogP contribution is 2.33. The van der Waals surface area contributed by atoms with Crippen LogP contribution in [0.15, 0.2) is 36.7 Å². The molecule has 1 heterocycles. The number of aromatic nitrogens is 1. The van der Waals surface area contributed by atoms with Gasteiger partial charge in [-0.3, -0.25) is 15.1 Å². The van der Waals surface area contributed by atoms with Crippen LogP contribution in [0.3, 0.4) is 0 Å². The molecule has 2 aromatic rings. The van der Waals surface area contributed by atoms with Gasteiger partial charge in [0, 0.05) is 18.1 Å². The van der Waals surface area contributed by atoms with Gasteiger partial charge < -0.3 is 4.74 Å². The maximum atomic E-state index is 13.6. The van der Waals surface area contributed by atoms with E-state index in [0.717, 1.165) is 12.1 Å². The Bertz CT molecular complexity index is 622. The number of pyridine rings is 1. The fraction of sp³-hybridized carbons (Fsp3) is 0.0833. The summed E-state index contributed by atoms with van der Waals surface area (Å²) < 4.78 is 18.8. The topological polar surface area (TPSA) is 65.3 Å². The molecule has 19 heavy (non-hydrogen) atoms. The van der Waals surface area contributed by atoms with Gasteiger partial charge in [0.05, 0.1) is 11.1 Å². The van der Waals surface area contributed by atoms with Crippen LogP contribution in [0.1, 0.15) is 5.56 Å². The smallest absolute Gasteiger partial charge is 0.314 e. The van der Waals surface area contributed by atoms with E-state index >= 15 is 0 Å². The zero-order valence-corrected chi connectivity index (χ0v) is 10.3. The van der Waals surface area contributed by atoms with Gasteiger partial charge in [-0.05, 0) is 17.7 Å². The van der Waals surface area contributed by atoms with E-state index in [4.69, 9.17) is 16.3 Å². The summed E-state index contributed by atoms with van der Waals surface area (Å²) in [6.07, 6.45) is 2.85. The Balaban J connectivity index is 2.40. The standard InChI is InChI=1S/C12H8ClFN2O3/c13-5-8-4-9(7-15-6-8)19-12-10(14)2-1-3-11(12)16(17)18/h1-4,6-7H,5H2. The summed E-state index contributed by atoms with van der Waals surface area (Å²) in [5.74, 6) is -0.860. The molecular weight excluding hydrogens is 275 g/mol. The fourth-order valence-electron chi connectivity index (χ4n) is 1.45. The molecule has 0 aliphatic heterocycles. The van der Waals surface area contributed by atoms with Crippen LogP contribution in [0.4, 0.5) is 10.1 Å². The van der Waals surface area contributed by atoms with Crippen molar-refractivity contribution in [3.05, 3.63) is 58.2 Å². The van der Waals surface area contributed by atoms with E-state index in [1.807, 2.05) is 0 Å². The van der Waals surface area contributed by atoms with Gasteiger partial charge in [0.2, 0.25) is 5.75 Å². The van der Waals surface area contributed by atoms with Crippen molar-refractivity contribution in [2.45, 2.75) is 5.88 Å². The Morgan fingerprint density at radius 1 is 1.42 bits per heavy atom. The largest absolute Gasteiger partial charge is 0.445 e. The normalized spacial score (nSPS) is 10.2. The quantitative estimate of drug-likeness (QED) is 0.487. The van der Waals surface area contributed by atoms with E-state index in [2.05, 4.69) is 4.98 Å². The van der Waals surface area contributed by atoms with Crippen molar-refractivity contribution in [2.24, 2.45) is 0 Å². The van der Waals surface area contributed by atoms with Gasteiger partial charge in [-0.2, -0.15) is 0 Å². The summed E-state index contributed by atoms with van der Waals surface area (Å²) in [5.41, 5.74) is 0.217. The maximum absolute atomic E-state index is 13.6. The van der Waals surface area contributed by atoms with Crippen molar-refractivity contribution < 1.29 is 14.1 Å². The van der Waals surface area contributed by atoms with Gasteiger partial charge in [0.25, 0.3) is 0 Å². The van der Waals surface area contributed by atoms with E-state index in [9.17, 15) is 14.5 Å². The van der Waals surface area contributed by atoms with Crippen LogP contribution in [0.2, 0.25) is 0 Å². The average Bonchev–Trinajstić information content (AvgIpc) is 2.41. The molecule has 0 radical (unpaired) electrons. The predicted molar refractivity (Wildman–Crippen MR) is 66.9 cm³/mol. The number of benzene rings is 1. The Kier molecular flexibility index (Phi) is 3.91. The second-order valence-corrected chi connectivity index (χ2v) is 3.88. The van der Waals surface area contributed by atoms with Crippen LogP contribution in [0, 0.1) is 15.9 Å². The molecule has 0 spiro atoms. The number of alkyl halides is 1. The van der Waals surface area contributed by atoms with E-state index in [1.165, 1.54) is 24.5 Å². The molecule has 98 valence electrons. The zero-order valence-electron chi connectivity index (χ0n) is 9.55. The molecule has 1 aromatic heterocycles. The fourth-order valence-corrected chi connectivity index (χ4v) is 1.60. The maximum Gasteiger partial charge on any atom is 0.314 e. The molecule has 7 heteroatoms. The second kappa shape index (κ2) is 5.62. The summed E-state index contributed by atoms with van der Waals surface area (Å²) in [4.78, 5) is 14.0. The van der Waals surface area contributed by atoms with Gasteiger partial charge >= 0.3 is 5.69 Å². The van der Waals surface area contributed by atoms with Crippen molar-refractivity contribution in [1.82, 2.24) is 4.98 Å². The van der Waals surface area contributed by atoms with Crippen molar-refractivity contribution >= 4 is 17.3 Å². The Hall–Kier alpha value is -2.21. The second-order valence-electron chi connectivity index (χ2n) is 3.61. The predicted octanol–water partition coefficient (Wildman–Crippen LogP) is 3.66. The highest BCUT2D eigenvalue weighted by Gasteiger charge is 2.20. The zero-order chi connectivity index (χ0) is 13.8. The van der Waals surface area contributed by atoms with Crippen LogP contribution in [0.25, 0.3) is 0 Å². The molecular formula is C12H8ClFN2O3. The lowest BCUT2D eigenvalue weighted by atomic mass is 10.2. The third-order valence-electron chi connectivity index (χ3n) is 2.29. The first-order chi connectivity index (χ1) is 9.11. The molecule has 0 unspecified atom stereocenters. The van der Waals surface area contributed by atoms with Crippen molar-refractivity contribution in [1.29, 1.82) is 0 Å². The minimum atomic E-state index is -0.814. The summed E-state index contributed by atoms with van der Waals surface area (Å²) in [5, 5.41) is 10.8. The number of nitro benzene ring substituents is 1. The van der Waals surface area contributed by atoms with Crippen LogP contribution in [-0.2, 0) is 5.88 Å². The third-order valence-corrected chi connectivity index (χ3v) is 2.60. The van der Waals surface area contributed by atoms with Crippen molar-refractivity contribution in [3.8, 4) is 11.5 Å². The SMILES string of the molecule is O=[N+]([O-])c1cccc(F)c1Oc1cncc(CCl)c1. The highest BCUT2D eigenvalue weighted by atomic mass is 35.5. The van der Waals surface area contributed by atoms with Crippen LogP contribution in [0.5, 0.6) is 11.5 Å². The van der Waals surface area contributed by atoms with Crippen LogP contribution < -0.4 is 4.74 Å². The number of para-hydroxylation sites is 1. The molecule has 0 bridgehead atoms. The first-order valence-electron chi connectivity index (χ1n) is 5.22. The number of nitrogens with zero attached hydrogens (tertiary/aromatic N) is 2. The molecule has 0 aliphatic rings. The van der Waals surface area contributed by atoms with Crippen LogP contribution >= 0.6 is 11.6 Å². The van der Waals surface area contributed by atoms with Gasteiger partial charge in [-0.15, -0.1) is 11.6 Å². The van der Waals surface area contributed by atoms with Gasteiger partial charge in [0.15, 0.2) is 5.82 Å². The summed E-state index contributed by atoms with van der Waals surface area (Å²) in [6, 6.07) is 5.03. The molecule has 0 amide bonds. The summed E-state index contributed by atoms with van der Waals surface area (Å²) >= 11 is 5.64. The Morgan fingerprint density at radius 3 is 2.89 bits per heavy atom. The first-order valence-corrected chi connectivity index (χ1v) is 5.76.